The molecule has 0 spiro atoms. The molecule has 0 atom stereocenters. The van der Waals surface area contributed by atoms with E-state index < -0.39 is 0 Å². The molecule has 0 radical (unpaired) electrons. The van der Waals surface area contributed by atoms with Crippen LogP contribution in [0.1, 0.15) is 5.56 Å². The third kappa shape index (κ3) is 3.43. The zero-order chi connectivity index (χ0) is 16.1. The Labute approximate surface area is 135 Å². The highest BCUT2D eigenvalue weighted by atomic mass is 16.5. The number of benzene rings is 2. The van der Waals surface area contributed by atoms with Crippen molar-refractivity contribution in [2.75, 3.05) is 12.8 Å². The van der Waals surface area contributed by atoms with Crippen LogP contribution in [0.15, 0.2) is 66.9 Å². The SMILES string of the molecule is COc1ncccc1-c1cc(OCc2ccccc2)ccc1N. The molecule has 116 valence electrons. The maximum Gasteiger partial charge on any atom is 0.221 e. The molecule has 0 amide bonds. The van der Waals surface area contributed by atoms with Crippen LogP contribution in [0, 0.1) is 0 Å². The third-order valence-electron chi connectivity index (χ3n) is 3.53. The minimum absolute atomic E-state index is 0.508. The Bertz CT molecular complexity index is 788. The van der Waals surface area contributed by atoms with E-state index in [1.54, 1.807) is 13.3 Å². The summed E-state index contributed by atoms with van der Waals surface area (Å²) in [5.74, 6) is 1.29. The van der Waals surface area contributed by atoms with Crippen LogP contribution >= 0.6 is 0 Å². The fourth-order valence-electron chi connectivity index (χ4n) is 2.36. The Kier molecular flexibility index (Phi) is 4.43. The van der Waals surface area contributed by atoms with Gasteiger partial charge in [-0.15, -0.1) is 0 Å². The maximum absolute atomic E-state index is 6.11. The van der Waals surface area contributed by atoms with Gasteiger partial charge in [-0.1, -0.05) is 30.3 Å². The largest absolute Gasteiger partial charge is 0.489 e. The van der Waals surface area contributed by atoms with Crippen molar-refractivity contribution in [2.45, 2.75) is 6.61 Å². The predicted molar refractivity (Wildman–Crippen MR) is 91.4 cm³/mol. The standard InChI is InChI=1S/C19H18N2O2/c1-22-19-16(8-5-11-21-19)17-12-15(9-10-18(17)20)23-13-14-6-3-2-4-7-14/h2-12H,13,20H2,1H3. The molecule has 1 aromatic heterocycles. The molecule has 2 aromatic carbocycles. The van der Waals surface area contributed by atoms with Gasteiger partial charge in [-0.3, -0.25) is 0 Å². The van der Waals surface area contributed by atoms with Gasteiger partial charge in [0.15, 0.2) is 0 Å². The summed E-state index contributed by atoms with van der Waals surface area (Å²) in [5.41, 5.74) is 9.58. The molecular formula is C19H18N2O2. The Hall–Kier alpha value is -3.01. The van der Waals surface area contributed by atoms with E-state index >= 15 is 0 Å². The number of nitrogens with two attached hydrogens (primary N) is 1. The summed E-state index contributed by atoms with van der Waals surface area (Å²) in [6, 6.07) is 19.4. The second-order valence-electron chi connectivity index (χ2n) is 5.08. The summed E-state index contributed by atoms with van der Waals surface area (Å²) in [6.07, 6.45) is 1.69. The Morgan fingerprint density at radius 3 is 2.57 bits per heavy atom. The van der Waals surface area contributed by atoms with Crippen LogP contribution in [0.2, 0.25) is 0 Å². The lowest BCUT2D eigenvalue weighted by Crippen LogP contribution is -1.98. The van der Waals surface area contributed by atoms with Gasteiger partial charge < -0.3 is 15.2 Å². The van der Waals surface area contributed by atoms with E-state index in [1.165, 1.54) is 0 Å². The van der Waals surface area contributed by atoms with Gasteiger partial charge in [-0.2, -0.15) is 0 Å². The van der Waals surface area contributed by atoms with E-state index in [4.69, 9.17) is 15.2 Å². The van der Waals surface area contributed by atoms with E-state index in [-0.39, 0.29) is 0 Å². The molecule has 4 heteroatoms. The van der Waals surface area contributed by atoms with Gasteiger partial charge in [-0.05, 0) is 35.9 Å². The lowest BCUT2D eigenvalue weighted by molar-refractivity contribution is 0.306. The molecule has 4 nitrogen and oxygen atoms in total. The number of nitrogen functional groups attached to an aromatic ring is 1. The number of pyridine rings is 1. The number of rotatable bonds is 5. The highest BCUT2D eigenvalue weighted by molar-refractivity contribution is 5.80. The highest BCUT2D eigenvalue weighted by Gasteiger charge is 2.11. The maximum atomic E-state index is 6.11. The Balaban J connectivity index is 1.87. The van der Waals surface area contributed by atoms with Gasteiger partial charge in [0.05, 0.1) is 7.11 Å². The zero-order valence-corrected chi connectivity index (χ0v) is 12.9. The summed E-state index contributed by atoms with van der Waals surface area (Å²) in [7, 11) is 1.60. The molecule has 0 saturated heterocycles. The quantitative estimate of drug-likeness (QED) is 0.726. The number of ether oxygens (including phenoxy) is 2. The molecule has 2 N–H and O–H groups in total. The number of hydrogen-bond donors (Lipinski definition) is 1. The van der Waals surface area contributed by atoms with Gasteiger partial charge in [0.2, 0.25) is 5.88 Å². The van der Waals surface area contributed by atoms with Crippen molar-refractivity contribution in [2.24, 2.45) is 0 Å². The van der Waals surface area contributed by atoms with Crippen LogP contribution in [0.5, 0.6) is 11.6 Å². The van der Waals surface area contributed by atoms with Crippen molar-refractivity contribution >= 4 is 5.69 Å². The van der Waals surface area contributed by atoms with Crippen LogP contribution in [0.25, 0.3) is 11.1 Å². The average Bonchev–Trinajstić information content (AvgIpc) is 2.62. The molecule has 0 fully saturated rings. The van der Waals surface area contributed by atoms with Crippen molar-refractivity contribution < 1.29 is 9.47 Å². The Morgan fingerprint density at radius 1 is 0.957 bits per heavy atom. The fraction of sp³-hybridized carbons (Fsp3) is 0.105. The topological polar surface area (TPSA) is 57.4 Å². The van der Waals surface area contributed by atoms with E-state index in [2.05, 4.69) is 4.98 Å². The average molecular weight is 306 g/mol. The number of nitrogens with zero attached hydrogens (tertiary/aromatic N) is 1. The van der Waals surface area contributed by atoms with Crippen molar-refractivity contribution in [1.82, 2.24) is 4.98 Å². The lowest BCUT2D eigenvalue weighted by atomic mass is 10.0. The molecule has 0 aliphatic heterocycles. The number of anilines is 1. The van der Waals surface area contributed by atoms with Gasteiger partial charge in [0, 0.05) is 23.0 Å². The summed E-state index contributed by atoms with van der Waals surface area (Å²) >= 11 is 0. The number of hydrogen-bond acceptors (Lipinski definition) is 4. The van der Waals surface area contributed by atoms with E-state index in [0.717, 1.165) is 22.4 Å². The van der Waals surface area contributed by atoms with Gasteiger partial charge in [0.1, 0.15) is 12.4 Å². The molecular weight excluding hydrogens is 288 g/mol. The second kappa shape index (κ2) is 6.83. The minimum Gasteiger partial charge on any atom is -0.489 e. The van der Waals surface area contributed by atoms with Crippen molar-refractivity contribution in [3.8, 4) is 22.8 Å². The summed E-state index contributed by atoms with van der Waals surface area (Å²) in [4.78, 5) is 4.22. The lowest BCUT2D eigenvalue weighted by Gasteiger charge is -2.12. The smallest absolute Gasteiger partial charge is 0.221 e. The molecule has 0 saturated carbocycles. The highest BCUT2D eigenvalue weighted by Crippen LogP contribution is 2.34. The second-order valence-corrected chi connectivity index (χ2v) is 5.08. The van der Waals surface area contributed by atoms with Gasteiger partial charge in [0.25, 0.3) is 0 Å². The molecule has 23 heavy (non-hydrogen) atoms. The molecule has 1 heterocycles. The van der Waals surface area contributed by atoms with Crippen molar-refractivity contribution in [3.05, 3.63) is 72.4 Å². The number of methoxy groups -OCH3 is 1. The monoisotopic (exact) mass is 306 g/mol. The summed E-state index contributed by atoms with van der Waals surface area (Å²) in [5, 5.41) is 0. The fourth-order valence-corrected chi connectivity index (χ4v) is 2.36. The van der Waals surface area contributed by atoms with Gasteiger partial charge >= 0.3 is 0 Å². The molecule has 0 aliphatic rings. The first kappa shape index (κ1) is 14.9. The molecule has 0 bridgehead atoms. The summed E-state index contributed by atoms with van der Waals surface area (Å²) in [6.45, 7) is 0.508. The first-order chi connectivity index (χ1) is 11.3. The normalized spacial score (nSPS) is 10.3. The van der Waals surface area contributed by atoms with E-state index in [9.17, 15) is 0 Å². The van der Waals surface area contributed by atoms with Crippen LogP contribution in [-0.4, -0.2) is 12.1 Å². The van der Waals surface area contributed by atoms with Crippen molar-refractivity contribution in [1.29, 1.82) is 0 Å². The molecule has 3 aromatic rings. The first-order valence-electron chi connectivity index (χ1n) is 7.33. The predicted octanol–water partition coefficient (Wildman–Crippen LogP) is 3.92. The van der Waals surface area contributed by atoms with E-state index in [1.807, 2.05) is 60.7 Å². The molecule has 0 aliphatic carbocycles. The Morgan fingerprint density at radius 2 is 1.78 bits per heavy atom. The zero-order valence-electron chi connectivity index (χ0n) is 12.9. The van der Waals surface area contributed by atoms with Crippen LogP contribution in [0.4, 0.5) is 5.69 Å². The van der Waals surface area contributed by atoms with Crippen LogP contribution < -0.4 is 15.2 Å². The van der Waals surface area contributed by atoms with Crippen LogP contribution in [0.3, 0.4) is 0 Å². The van der Waals surface area contributed by atoms with E-state index in [0.29, 0.717) is 18.2 Å². The third-order valence-corrected chi connectivity index (χ3v) is 3.53. The minimum atomic E-state index is 0.508. The number of aromatic nitrogens is 1. The summed E-state index contributed by atoms with van der Waals surface area (Å²) < 4.78 is 11.2. The first-order valence-corrected chi connectivity index (χ1v) is 7.33. The molecule has 3 rings (SSSR count). The van der Waals surface area contributed by atoms with Gasteiger partial charge in [-0.25, -0.2) is 4.98 Å². The molecule has 0 unspecified atom stereocenters. The van der Waals surface area contributed by atoms with Crippen LogP contribution in [-0.2, 0) is 6.61 Å². The van der Waals surface area contributed by atoms with Crippen molar-refractivity contribution in [3.63, 3.8) is 0 Å².